The van der Waals surface area contributed by atoms with E-state index in [1.165, 1.54) is 0 Å². The van der Waals surface area contributed by atoms with E-state index in [0.717, 1.165) is 28.0 Å². The Balaban J connectivity index is 2.20. The molecule has 0 aliphatic heterocycles. The number of hydrogen-bond donors (Lipinski definition) is 1. The molecule has 0 spiro atoms. The summed E-state index contributed by atoms with van der Waals surface area (Å²) in [6.45, 7) is 2.04. The van der Waals surface area contributed by atoms with Gasteiger partial charge in [-0.25, -0.2) is 9.50 Å². The van der Waals surface area contributed by atoms with Crippen LogP contribution in [0.1, 0.15) is 11.3 Å². The van der Waals surface area contributed by atoms with Crippen LogP contribution in [0.2, 0.25) is 0 Å². The van der Waals surface area contributed by atoms with Crippen LogP contribution in [0.3, 0.4) is 0 Å². The summed E-state index contributed by atoms with van der Waals surface area (Å²) in [5.41, 5.74) is 4.82. The number of hydrogen-bond acceptors (Lipinski definition) is 3. The van der Waals surface area contributed by atoms with Gasteiger partial charge in [0.1, 0.15) is 0 Å². The number of aryl methyl sites for hydroxylation is 1. The molecule has 0 unspecified atom stereocenters. The molecule has 0 fully saturated rings. The zero-order chi connectivity index (χ0) is 12.5. The third-order valence-corrected chi connectivity index (χ3v) is 3.00. The van der Waals surface area contributed by atoms with Gasteiger partial charge < -0.3 is 5.11 Å². The van der Waals surface area contributed by atoms with Crippen LogP contribution in [0.4, 0.5) is 0 Å². The van der Waals surface area contributed by atoms with Crippen LogP contribution in [-0.2, 0) is 6.61 Å². The van der Waals surface area contributed by atoms with Crippen molar-refractivity contribution in [3.63, 3.8) is 0 Å². The summed E-state index contributed by atoms with van der Waals surface area (Å²) >= 11 is 0. The van der Waals surface area contributed by atoms with Gasteiger partial charge in [-0.1, -0.05) is 24.3 Å². The van der Waals surface area contributed by atoms with Gasteiger partial charge in [-0.3, -0.25) is 0 Å². The summed E-state index contributed by atoms with van der Waals surface area (Å²) in [7, 11) is 0. The lowest BCUT2D eigenvalue weighted by molar-refractivity contribution is 0.282. The molecule has 2 heterocycles. The van der Waals surface area contributed by atoms with Crippen LogP contribution in [0.25, 0.3) is 16.8 Å². The van der Waals surface area contributed by atoms with Crippen LogP contribution >= 0.6 is 0 Å². The first-order valence-corrected chi connectivity index (χ1v) is 5.80. The Morgan fingerprint density at radius 3 is 2.72 bits per heavy atom. The maximum absolute atomic E-state index is 9.06. The molecule has 0 saturated carbocycles. The Morgan fingerprint density at radius 1 is 1.22 bits per heavy atom. The van der Waals surface area contributed by atoms with Gasteiger partial charge in [-0.05, 0) is 24.1 Å². The molecule has 0 saturated heterocycles. The van der Waals surface area contributed by atoms with Crippen molar-refractivity contribution in [2.75, 3.05) is 0 Å². The first-order valence-electron chi connectivity index (χ1n) is 5.80. The quantitative estimate of drug-likeness (QED) is 0.745. The standard InChI is InChI=1S/C14H13N3O/c1-10-13(12-5-3-11(9-18)4-6-12)14-15-7-2-8-17(14)16-10/h2-8,18H,9H2,1H3. The molecule has 0 radical (unpaired) electrons. The Morgan fingerprint density at radius 2 is 2.00 bits per heavy atom. The minimum atomic E-state index is 0.0618. The van der Waals surface area contributed by atoms with Gasteiger partial charge in [-0.15, -0.1) is 0 Å². The van der Waals surface area contributed by atoms with E-state index in [4.69, 9.17) is 5.11 Å². The number of aromatic nitrogens is 3. The highest BCUT2D eigenvalue weighted by atomic mass is 16.3. The normalized spacial score (nSPS) is 11.0. The minimum absolute atomic E-state index is 0.0618. The SMILES string of the molecule is Cc1nn2cccnc2c1-c1ccc(CO)cc1. The lowest BCUT2D eigenvalue weighted by atomic mass is 10.0. The van der Waals surface area contributed by atoms with E-state index in [1.54, 1.807) is 10.7 Å². The molecule has 0 atom stereocenters. The molecule has 0 aliphatic rings. The summed E-state index contributed by atoms with van der Waals surface area (Å²) in [6, 6.07) is 9.68. The zero-order valence-electron chi connectivity index (χ0n) is 10.0. The van der Waals surface area contributed by atoms with Gasteiger partial charge in [-0.2, -0.15) is 5.10 Å². The van der Waals surface area contributed by atoms with Gasteiger partial charge in [0.2, 0.25) is 0 Å². The van der Waals surface area contributed by atoms with E-state index >= 15 is 0 Å². The van der Waals surface area contributed by atoms with Crippen LogP contribution in [-0.4, -0.2) is 19.7 Å². The van der Waals surface area contributed by atoms with Gasteiger partial charge in [0.15, 0.2) is 5.65 Å². The highest BCUT2D eigenvalue weighted by Gasteiger charge is 2.11. The molecule has 2 aromatic heterocycles. The van der Waals surface area contributed by atoms with E-state index in [1.807, 2.05) is 43.5 Å². The van der Waals surface area contributed by atoms with Crippen molar-refractivity contribution in [1.29, 1.82) is 0 Å². The Hall–Kier alpha value is -2.20. The van der Waals surface area contributed by atoms with Crippen molar-refractivity contribution >= 4 is 5.65 Å². The summed E-state index contributed by atoms with van der Waals surface area (Å²) in [5.74, 6) is 0. The lowest BCUT2D eigenvalue weighted by Crippen LogP contribution is -1.88. The molecule has 0 amide bonds. The maximum atomic E-state index is 9.06. The van der Waals surface area contributed by atoms with E-state index in [2.05, 4.69) is 10.1 Å². The van der Waals surface area contributed by atoms with Crippen LogP contribution in [0.5, 0.6) is 0 Å². The largest absolute Gasteiger partial charge is 0.392 e. The Kier molecular flexibility index (Phi) is 2.57. The van der Waals surface area contributed by atoms with Gasteiger partial charge in [0, 0.05) is 18.0 Å². The number of aliphatic hydroxyl groups is 1. The number of fused-ring (bicyclic) bond motifs is 1. The molecule has 0 aliphatic carbocycles. The van der Waals surface area contributed by atoms with Crippen molar-refractivity contribution in [2.45, 2.75) is 13.5 Å². The smallest absolute Gasteiger partial charge is 0.163 e. The first-order chi connectivity index (χ1) is 8.79. The van der Waals surface area contributed by atoms with E-state index in [9.17, 15) is 0 Å². The Bertz CT molecular complexity index is 686. The van der Waals surface area contributed by atoms with E-state index < -0.39 is 0 Å². The molecule has 3 aromatic rings. The van der Waals surface area contributed by atoms with Gasteiger partial charge in [0.05, 0.1) is 12.3 Å². The number of nitrogens with zero attached hydrogens (tertiary/aromatic N) is 3. The molecular weight excluding hydrogens is 226 g/mol. The van der Waals surface area contributed by atoms with Crippen molar-refractivity contribution in [3.8, 4) is 11.1 Å². The second-order valence-corrected chi connectivity index (χ2v) is 4.20. The second-order valence-electron chi connectivity index (χ2n) is 4.20. The summed E-state index contributed by atoms with van der Waals surface area (Å²) in [6.07, 6.45) is 3.66. The van der Waals surface area contributed by atoms with Gasteiger partial charge in [0.25, 0.3) is 0 Å². The topological polar surface area (TPSA) is 50.4 Å². The molecule has 3 rings (SSSR count). The van der Waals surface area contributed by atoms with Crippen molar-refractivity contribution in [2.24, 2.45) is 0 Å². The summed E-state index contributed by atoms with van der Waals surface area (Å²) < 4.78 is 1.78. The number of rotatable bonds is 2. The third kappa shape index (κ3) is 1.67. The Labute approximate surface area is 105 Å². The van der Waals surface area contributed by atoms with Crippen molar-refractivity contribution in [3.05, 3.63) is 54.0 Å². The predicted molar refractivity (Wildman–Crippen MR) is 69.1 cm³/mol. The zero-order valence-corrected chi connectivity index (χ0v) is 10.0. The monoisotopic (exact) mass is 239 g/mol. The summed E-state index contributed by atoms with van der Waals surface area (Å²) in [4.78, 5) is 4.37. The fourth-order valence-corrected chi connectivity index (χ4v) is 2.11. The van der Waals surface area contributed by atoms with Gasteiger partial charge >= 0.3 is 0 Å². The molecule has 0 bridgehead atoms. The highest BCUT2D eigenvalue weighted by molar-refractivity contribution is 5.79. The molecule has 4 heteroatoms. The van der Waals surface area contributed by atoms with Crippen LogP contribution in [0, 0.1) is 6.92 Å². The average molecular weight is 239 g/mol. The highest BCUT2D eigenvalue weighted by Crippen LogP contribution is 2.26. The van der Waals surface area contributed by atoms with Crippen LogP contribution < -0.4 is 0 Å². The molecule has 18 heavy (non-hydrogen) atoms. The summed E-state index contributed by atoms with van der Waals surface area (Å²) in [5, 5.41) is 13.5. The molecule has 1 N–H and O–H groups in total. The van der Waals surface area contributed by atoms with Crippen molar-refractivity contribution < 1.29 is 5.11 Å². The van der Waals surface area contributed by atoms with Crippen molar-refractivity contribution in [1.82, 2.24) is 14.6 Å². The van der Waals surface area contributed by atoms with E-state index in [0.29, 0.717) is 0 Å². The fraction of sp³-hybridized carbons (Fsp3) is 0.143. The molecule has 90 valence electrons. The predicted octanol–water partition coefficient (Wildman–Crippen LogP) is 2.20. The molecular formula is C14H13N3O. The third-order valence-electron chi connectivity index (χ3n) is 3.00. The first kappa shape index (κ1) is 10.9. The maximum Gasteiger partial charge on any atom is 0.163 e. The molecule has 4 nitrogen and oxygen atoms in total. The van der Waals surface area contributed by atoms with E-state index in [-0.39, 0.29) is 6.61 Å². The molecule has 1 aromatic carbocycles. The lowest BCUT2D eigenvalue weighted by Gasteiger charge is -2.01. The minimum Gasteiger partial charge on any atom is -0.392 e. The number of aliphatic hydroxyl groups excluding tert-OH is 1. The van der Waals surface area contributed by atoms with Crippen LogP contribution in [0.15, 0.2) is 42.7 Å². The fourth-order valence-electron chi connectivity index (χ4n) is 2.11. The second kappa shape index (κ2) is 4.23. The number of benzene rings is 1. The average Bonchev–Trinajstić information content (AvgIpc) is 2.75.